The molecule has 0 saturated carbocycles. The summed E-state index contributed by atoms with van der Waals surface area (Å²) in [6, 6.07) is 12.6. The highest BCUT2D eigenvalue weighted by atomic mass is 32.2. The third-order valence-corrected chi connectivity index (χ3v) is 8.01. The molecular formula is C24H33NO5S2. The molecule has 0 aliphatic heterocycles. The summed E-state index contributed by atoms with van der Waals surface area (Å²) in [6.07, 6.45) is 0.702. The third-order valence-electron chi connectivity index (χ3n) is 4.94. The third kappa shape index (κ3) is 7.25. The van der Waals surface area contributed by atoms with Gasteiger partial charge >= 0.3 is 5.97 Å². The number of carboxylic acids is 1. The van der Waals surface area contributed by atoms with Gasteiger partial charge in [-0.25, -0.2) is 8.42 Å². The zero-order valence-electron chi connectivity index (χ0n) is 19.4. The van der Waals surface area contributed by atoms with E-state index >= 15 is 0 Å². The molecule has 0 aliphatic carbocycles. The number of hydrogen-bond acceptors (Lipinski definition) is 5. The summed E-state index contributed by atoms with van der Waals surface area (Å²) in [7, 11) is -3.62. The first-order valence-corrected chi connectivity index (χ1v) is 13.1. The second kappa shape index (κ2) is 11.2. The van der Waals surface area contributed by atoms with Crippen molar-refractivity contribution in [3.05, 3.63) is 53.6 Å². The van der Waals surface area contributed by atoms with E-state index in [9.17, 15) is 13.2 Å². The Balaban J connectivity index is 2.05. The Morgan fingerprint density at radius 1 is 1.09 bits per heavy atom. The number of carboxylic acid groups (broad SMARTS) is 1. The van der Waals surface area contributed by atoms with Crippen molar-refractivity contribution in [2.75, 3.05) is 25.4 Å². The van der Waals surface area contributed by atoms with Gasteiger partial charge in [-0.1, -0.05) is 39.8 Å². The Hall–Kier alpha value is -2.03. The second-order valence-electron chi connectivity index (χ2n) is 8.64. The summed E-state index contributed by atoms with van der Waals surface area (Å²) in [5.74, 6) is -0.229. The smallest absolute Gasteiger partial charge is 0.313 e. The van der Waals surface area contributed by atoms with Crippen LogP contribution in [0.1, 0.15) is 45.2 Å². The summed E-state index contributed by atoms with van der Waals surface area (Å²) in [6.45, 7) is 11.0. The summed E-state index contributed by atoms with van der Waals surface area (Å²) in [5, 5.41) is 8.83. The van der Waals surface area contributed by atoms with Crippen LogP contribution < -0.4 is 4.74 Å². The van der Waals surface area contributed by atoms with Crippen LogP contribution in [0.3, 0.4) is 0 Å². The molecule has 0 spiro atoms. The highest BCUT2D eigenvalue weighted by Gasteiger charge is 2.24. The summed E-state index contributed by atoms with van der Waals surface area (Å²) in [5.41, 5.74) is 1.96. The van der Waals surface area contributed by atoms with Crippen LogP contribution in [0.25, 0.3) is 0 Å². The standard InChI is InChI=1S/C24H33NO5S2/c1-6-13-25(32(28,29)21-10-7-19(8-11-21)24(3,4)5)14-15-30-20-9-12-22(18(2)16-20)31-17-23(26)27/h7-12,16H,6,13-15,17H2,1-5H3,(H,26,27). The lowest BCUT2D eigenvalue weighted by Crippen LogP contribution is -2.35. The van der Waals surface area contributed by atoms with Gasteiger partial charge in [-0.05, 0) is 60.2 Å². The summed E-state index contributed by atoms with van der Waals surface area (Å²) in [4.78, 5) is 11.9. The normalized spacial score (nSPS) is 12.2. The van der Waals surface area contributed by atoms with Crippen molar-refractivity contribution in [1.82, 2.24) is 4.31 Å². The molecule has 0 unspecified atom stereocenters. The van der Waals surface area contributed by atoms with E-state index in [1.54, 1.807) is 18.2 Å². The first kappa shape index (κ1) is 26.2. The number of carbonyl (C=O) groups is 1. The van der Waals surface area contributed by atoms with Crippen LogP contribution in [0.15, 0.2) is 52.3 Å². The highest BCUT2D eigenvalue weighted by Crippen LogP contribution is 2.27. The van der Waals surface area contributed by atoms with Gasteiger partial charge in [0.1, 0.15) is 12.4 Å². The maximum Gasteiger partial charge on any atom is 0.313 e. The van der Waals surface area contributed by atoms with Gasteiger partial charge in [0.05, 0.1) is 10.6 Å². The molecule has 0 amide bonds. The number of nitrogens with zero attached hydrogens (tertiary/aromatic N) is 1. The fourth-order valence-corrected chi connectivity index (χ4v) is 5.40. The largest absolute Gasteiger partial charge is 0.492 e. The predicted octanol–water partition coefficient (Wildman–Crippen LogP) is 4.95. The molecule has 2 rings (SSSR count). The van der Waals surface area contributed by atoms with Crippen LogP contribution in [-0.2, 0) is 20.2 Å². The fourth-order valence-electron chi connectivity index (χ4n) is 3.16. The van der Waals surface area contributed by atoms with E-state index in [1.807, 2.05) is 38.1 Å². The van der Waals surface area contributed by atoms with Crippen LogP contribution in [0.2, 0.25) is 0 Å². The second-order valence-corrected chi connectivity index (χ2v) is 11.6. The Labute approximate surface area is 196 Å². The molecule has 0 heterocycles. The van der Waals surface area contributed by atoms with Gasteiger partial charge in [0.15, 0.2) is 0 Å². The molecule has 0 saturated heterocycles. The first-order chi connectivity index (χ1) is 14.9. The number of ether oxygens (including phenoxy) is 1. The minimum Gasteiger partial charge on any atom is -0.492 e. The van der Waals surface area contributed by atoms with E-state index in [2.05, 4.69) is 20.8 Å². The zero-order chi connectivity index (χ0) is 23.9. The molecule has 0 atom stereocenters. The van der Waals surface area contributed by atoms with Crippen molar-refractivity contribution in [1.29, 1.82) is 0 Å². The number of aryl methyl sites for hydroxylation is 1. The van der Waals surface area contributed by atoms with Crippen LogP contribution in [0.5, 0.6) is 5.75 Å². The summed E-state index contributed by atoms with van der Waals surface area (Å²) >= 11 is 1.26. The van der Waals surface area contributed by atoms with Gasteiger partial charge in [-0.3, -0.25) is 4.79 Å². The fraction of sp³-hybridized carbons (Fsp3) is 0.458. The molecule has 2 aromatic carbocycles. The Bertz CT molecular complexity index is 1010. The lowest BCUT2D eigenvalue weighted by molar-refractivity contribution is -0.133. The number of rotatable bonds is 11. The predicted molar refractivity (Wildman–Crippen MR) is 129 cm³/mol. The SMILES string of the molecule is CCCN(CCOc1ccc(SCC(=O)O)c(C)c1)S(=O)(=O)c1ccc(C(C)(C)C)cc1. The topological polar surface area (TPSA) is 83.9 Å². The van der Waals surface area contributed by atoms with Gasteiger partial charge in [-0.15, -0.1) is 11.8 Å². The number of benzene rings is 2. The molecule has 0 bridgehead atoms. The molecule has 176 valence electrons. The molecule has 0 aromatic heterocycles. The Kier molecular flexibility index (Phi) is 9.18. The average Bonchev–Trinajstić information content (AvgIpc) is 2.71. The van der Waals surface area contributed by atoms with Gasteiger partial charge in [-0.2, -0.15) is 4.31 Å². The minimum atomic E-state index is -3.62. The molecule has 0 fully saturated rings. The number of hydrogen-bond donors (Lipinski definition) is 1. The van der Waals surface area contributed by atoms with Crippen LogP contribution >= 0.6 is 11.8 Å². The van der Waals surface area contributed by atoms with Gasteiger partial charge in [0, 0.05) is 18.0 Å². The van der Waals surface area contributed by atoms with Gasteiger partial charge < -0.3 is 9.84 Å². The quantitative estimate of drug-likeness (QED) is 0.459. The Morgan fingerprint density at radius 2 is 1.75 bits per heavy atom. The molecule has 32 heavy (non-hydrogen) atoms. The van der Waals surface area contributed by atoms with E-state index in [0.717, 1.165) is 16.0 Å². The van der Waals surface area contributed by atoms with Crippen molar-refractivity contribution in [2.24, 2.45) is 0 Å². The van der Waals surface area contributed by atoms with Gasteiger partial charge in [0.25, 0.3) is 0 Å². The van der Waals surface area contributed by atoms with E-state index in [4.69, 9.17) is 9.84 Å². The molecule has 0 radical (unpaired) electrons. The maximum atomic E-state index is 13.2. The van der Waals surface area contributed by atoms with E-state index in [1.165, 1.54) is 16.1 Å². The number of thioether (sulfide) groups is 1. The highest BCUT2D eigenvalue weighted by molar-refractivity contribution is 8.00. The molecular weight excluding hydrogens is 446 g/mol. The van der Waals surface area contributed by atoms with Crippen molar-refractivity contribution < 1.29 is 23.1 Å². The van der Waals surface area contributed by atoms with E-state index < -0.39 is 16.0 Å². The first-order valence-electron chi connectivity index (χ1n) is 10.6. The average molecular weight is 480 g/mol. The van der Waals surface area contributed by atoms with Crippen LogP contribution in [0.4, 0.5) is 0 Å². The number of sulfonamides is 1. The van der Waals surface area contributed by atoms with Gasteiger partial charge in [0.2, 0.25) is 10.0 Å². The van der Waals surface area contributed by atoms with E-state index in [0.29, 0.717) is 18.7 Å². The van der Waals surface area contributed by atoms with Crippen LogP contribution in [0, 0.1) is 6.92 Å². The molecule has 6 nitrogen and oxygen atoms in total. The van der Waals surface area contributed by atoms with Crippen LogP contribution in [-0.4, -0.2) is 49.2 Å². The minimum absolute atomic E-state index is 0.00160. The van der Waals surface area contributed by atoms with Crippen molar-refractivity contribution in [2.45, 2.75) is 56.2 Å². The molecule has 8 heteroatoms. The van der Waals surface area contributed by atoms with Crippen molar-refractivity contribution >= 4 is 27.8 Å². The van der Waals surface area contributed by atoms with E-state index in [-0.39, 0.29) is 29.2 Å². The molecule has 1 N–H and O–H groups in total. The lowest BCUT2D eigenvalue weighted by atomic mass is 9.87. The number of aliphatic carboxylic acids is 1. The maximum absolute atomic E-state index is 13.2. The summed E-state index contributed by atoms with van der Waals surface area (Å²) < 4.78 is 33.6. The van der Waals surface area contributed by atoms with Crippen molar-refractivity contribution in [3.8, 4) is 5.75 Å². The molecule has 2 aromatic rings. The molecule has 0 aliphatic rings. The Morgan fingerprint density at radius 3 is 2.28 bits per heavy atom. The zero-order valence-corrected chi connectivity index (χ0v) is 21.1. The van der Waals surface area contributed by atoms with Crippen molar-refractivity contribution in [3.63, 3.8) is 0 Å². The lowest BCUT2D eigenvalue weighted by Gasteiger charge is -2.23. The monoisotopic (exact) mass is 479 g/mol.